The van der Waals surface area contributed by atoms with Crippen LogP contribution in [-0.2, 0) is 10.0 Å². The Balaban J connectivity index is 1.63. The van der Waals surface area contributed by atoms with Gasteiger partial charge in [-0.3, -0.25) is 4.79 Å². The molecule has 2 heterocycles. The van der Waals surface area contributed by atoms with Crippen LogP contribution in [0, 0.1) is 13.8 Å². The van der Waals surface area contributed by atoms with Crippen molar-refractivity contribution in [3.63, 3.8) is 0 Å². The van der Waals surface area contributed by atoms with E-state index in [1.165, 1.54) is 4.31 Å². The van der Waals surface area contributed by atoms with Crippen molar-refractivity contribution < 1.29 is 13.2 Å². The number of aromatic nitrogens is 2. The predicted octanol–water partition coefficient (Wildman–Crippen LogP) is 1.79. The van der Waals surface area contributed by atoms with Gasteiger partial charge in [0.25, 0.3) is 5.91 Å². The second-order valence-corrected chi connectivity index (χ2v) is 8.72. The standard InChI is InChI=1S/C18H24N4O3S/c1-13-14(2)21-17-12-15(6-7-16(17)20-13)18(23)19-8-11-26(24,25)22-9-4-3-5-10-22/h6-7,12H,3-5,8-11H2,1-2H3,(H,19,23). The molecule has 8 heteroatoms. The Morgan fingerprint density at radius 1 is 1.08 bits per heavy atom. The number of amides is 1. The van der Waals surface area contributed by atoms with Crippen molar-refractivity contribution in [3.8, 4) is 0 Å². The van der Waals surface area contributed by atoms with Crippen molar-refractivity contribution in [2.45, 2.75) is 33.1 Å². The number of carbonyl (C=O) groups is 1. The van der Waals surface area contributed by atoms with Crippen LogP contribution in [0.2, 0.25) is 0 Å². The van der Waals surface area contributed by atoms with Crippen LogP contribution in [0.15, 0.2) is 18.2 Å². The van der Waals surface area contributed by atoms with E-state index in [1.807, 2.05) is 13.8 Å². The fourth-order valence-electron chi connectivity index (χ4n) is 3.04. The number of hydrogen-bond acceptors (Lipinski definition) is 5. The van der Waals surface area contributed by atoms with Gasteiger partial charge in [-0.15, -0.1) is 0 Å². The van der Waals surface area contributed by atoms with Gasteiger partial charge in [0.2, 0.25) is 10.0 Å². The topological polar surface area (TPSA) is 92.3 Å². The van der Waals surface area contributed by atoms with Crippen molar-refractivity contribution in [1.82, 2.24) is 19.6 Å². The molecule has 2 aromatic rings. The summed E-state index contributed by atoms with van der Waals surface area (Å²) < 4.78 is 26.1. The molecule has 1 aliphatic rings. The van der Waals surface area contributed by atoms with Crippen LogP contribution >= 0.6 is 0 Å². The van der Waals surface area contributed by atoms with Gasteiger partial charge in [0.15, 0.2) is 0 Å². The number of nitrogens with zero attached hydrogens (tertiary/aromatic N) is 3. The molecule has 1 fully saturated rings. The van der Waals surface area contributed by atoms with E-state index in [0.29, 0.717) is 24.2 Å². The smallest absolute Gasteiger partial charge is 0.251 e. The first-order valence-corrected chi connectivity index (χ1v) is 10.5. The van der Waals surface area contributed by atoms with Gasteiger partial charge in [-0.1, -0.05) is 6.42 Å². The lowest BCUT2D eigenvalue weighted by Gasteiger charge is -2.25. The van der Waals surface area contributed by atoms with Crippen molar-refractivity contribution in [3.05, 3.63) is 35.2 Å². The van der Waals surface area contributed by atoms with Crippen LogP contribution in [0.3, 0.4) is 0 Å². The number of rotatable bonds is 5. The molecule has 0 bridgehead atoms. The molecule has 1 aromatic heterocycles. The number of fused-ring (bicyclic) bond motifs is 1. The van der Waals surface area contributed by atoms with Gasteiger partial charge in [-0.25, -0.2) is 22.7 Å². The first-order chi connectivity index (χ1) is 12.4. The second kappa shape index (κ2) is 7.67. The Labute approximate surface area is 153 Å². The lowest BCUT2D eigenvalue weighted by molar-refractivity contribution is 0.0956. The number of carbonyl (C=O) groups excluding carboxylic acids is 1. The Hall–Kier alpha value is -2.06. The van der Waals surface area contributed by atoms with Gasteiger partial charge in [0.05, 0.1) is 28.2 Å². The lowest BCUT2D eigenvalue weighted by Crippen LogP contribution is -2.40. The van der Waals surface area contributed by atoms with E-state index in [0.717, 1.165) is 36.2 Å². The molecule has 0 saturated carbocycles. The monoisotopic (exact) mass is 376 g/mol. The van der Waals surface area contributed by atoms with Gasteiger partial charge >= 0.3 is 0 Å². The third-order valence-corrected chi connectivity index (χ3v) is 6.56. The quantitative estimate of drug-likeness (QED) is 0.859. The van der Waals surface area contributed by atoms with E-state index in [2.05, 4.69) is 15.3 Å². The molecule has 140 valence electrons. The van der Waals surface area contributed by atoms with E-state index >= 15 is 0 Å². The SMILES string of the molecule is Cc1nc2ccc(C(=O)NCCS(=O)(=O)N3CCCCC3)cc2nc1C. The molecule has 26 heavy (non-hydrogen) atoms. The molecule has 0 atom stereocenters. The number of piperidine rings is 1. The molecular formula is C18H24N4O3S. The van der Waals surface area contributed by atoms with E-state index in [-0.39, 0.29) is 18.2 Å². The summed E-state index contributed by atoms with van der Waals surface area (Å²) in [6.45, 7) is 5.02. The summed E-state index contributed by atoms with van der Waals surface area (Å²) >= 11 is 0. The van der Waals surface area contributed by atoms with Crippen LogP contribution in [0.25, 0.3) is 11.0 Å². The van der Waals surface area contributed by atoms with Gasteiger partial charge in [0, 0.05) is 25.2 Å². The molecule has 1 aliphatic heterocycles. The van der Waals surface area contributed by atoms with Gasteiger partial charge in [-0.05, 0) is 44.9 Å². The largest absolute Gasteiger partial charge is 0.351 e. The summed E-state index contributed by atoms with van der Waals surface area (Å²) in [6.07, 6.45) is 2.89. The minimum Gasteiger partial charge on any atom is -0.351 e. The normalized spacial score (nSPS) is 15.9. The minimum absolute atomic E-state index is 0.0789. The number of sulfonamides is 1. The highest BCUT2D eigenvalue weighted by molar-refractivity contribution is 7.89. The Kier molecular flexibility index (Phi) is 5.52. The lowest BCUT2D eigenvalue weighted by atomic mass is 10.1. The zero-order chi connectivity index (χ0) is 18.7. The maximum atomic E-state index is 12.3. The van der Waals surface area contributed by atoms with Crippen LogP contribution in [0.1, 0.15) is 41.0 Å². The second-order valence-electron chi connectivity index (χ2n) is 6.63. The zero-order valence-electron chi connectivity index (χ0n) is 15.2. The minimum atomic E-state index is -3.31. The molecule has 3 rings (SSSR count). The molecule has 1 N–H and O–H groups in total. The molecule has 7 nitrogen and oxygen atoms in total. The van der Waals surface area contributed by atoms with E-state index in [9.17, 15) is 13.2 Å². The molecule has 0 spiro atoms. The van der Waals surface area contributed by atoms with E-state index in [4.69, 9.17) is 0 Å². The van der Waals surface area contributed by atoms with Gasteiger partial charge in [-0.2, -0.15) is 0 Å². The highest BCUT2D eigenvalue weighted by Crippen LogP contribution is 2.15. The molecule has 1 saturated heterocycles. The van der Waals surface area contributed by atoms with Crippen LogP contribution in [0.5, 0.6) is 0 Å². The molecular weight excluding hydrogens is 352 g/mol. The van der Waals surface area contributed by atoms with Gasteiger partial charge < -0.3 is 5.32 Å². The van der Waals surface area contributed by atoms with Crippen molar-refractivity contribution in [1.29, 1.82) is 0 Å². The highest BCUT2D eigenvalue weighted by atomic mass is 32.2. The summed E-state index contributed by atoms with van der Waals surface area (Å²) in [5, 5.41) is 2.69. The summed E-state index contributed by atoms with van der Waals surface area (Å²) in [4.78, 5) is 21.2. The zero-order valence-corrected chi connectivity index (χ0v) is 16.0. The summed E-state index contributed by atoms with van der Waals surface area (Å²) in [5.74, 6) is -0.384. The summed E-state index contributed by atoms with van der Waals surface area (Å²) in [7, 11) is -3.31. The Morgan fingerprint density at radius 3 is 2.42 bits per heavy atom. The summed E-state index contributed by atoms with van der Waals surface area (Å²) in [6, 6.07) is 5.12. The number of aryl methyl sites for hydroxylation is 2. The average molecular weight is 376 g/mol. The molecule has 1 aromatic carbocycles. The third kappa shape index (κ3) is 4.19. The fourth-order valence-corrected chi connectivity index (χ4v) is 4.47. The van der Waals surface area contributed by atoms with Crippen molar-refractivity contribution >= 4 is 27.0 Å². The Bertz CT molecular complexity index is 921. The van der Waals surface area contributed by atoms with Crippen LogP contribution in [-0.4, -0.2) is 54.0 Å². The fraction of sp³-hybridized carbons (Fsp3) is 0.500. The van der Waals surface area contributed by atoms with E-state index in [1.54, 1.807) is 18.2 Å². The molecule has 0 radical (unpaired) electrons. The average Bonchev–Trinajstić information content (AvgIpc) is 2.63. The third-order valence-electron chi connectivity index (χ3n) is 4.69. The molecule has 0 unspecified atom stereocenters. The van der Waals surface area contributed by atoms with Gasteiger partial charge in [0.1, 0.15) is 0 Å². The van der Waals surface area contributed by atoms with Crippen LogP contribution < -0.4 is 5.32 Å². The first kappa shape index (κ1) is 18.7. The van der Waals surface area contributed by atoms with Crippen molar-refractivity contribution in [2.75, 3.05) is 25.4 Å². The van der Waals surface area contributed by atoms with Crippen molar-refractivity contribution in [2.24, 2.45) is 0 Å². The predicted molar refractivity (Wildman–Crippen MR) is 101 cm³/mol. The maximum absolute atomic E-state index is 12.3. The first-order valence-electron chi connectivity index (χ1n) is 8.88. The maximum Gasteiger partial charge on any atom is 0.251 e. The molecule has 0 aliphatic carbocycles. The van der Waals surface area contributed by atoms with E-state index < -0.39 is 10.0 Å². The number of nitrogens with one attached hydrogen (secondary N) is 1. The molecule has 1 amide bonds. The Morgan fingerprint density at radius 2 is 1.73 bits per heavy atom. The highest BCUT2D eigenvalue weighted by Gasteiger charge is 2.23. The summed E-state index contributed by atoms with van der Waals surface area (Å²) in [5.41, 5.74) is 3.52. The number of benzene rings is 1. The number of hydrogen-bond donors (Lipinski definition) is 1. The van der Waals surface area contributed by atoms with Crippen LogP contribution in [0.4, 0.5) is 0 Å².